The van der Waals surface area contributed by atoms with Gasteiger partial charge in [0.1, 0.15) is 5.82 Å². The van der Waals surface area contributed by atoms with Crippen molar-refractivity contribution < 1.29 is 9.59 Å². The number of H-pyrrole nitrogens is 1. The van der Waals surface area contributed by atoms with Gasteiger partial charge in [-0.1, -0.05) is 12.1 Å². The molecule has 1 aromatic heterocycles. The predicted molar refractivity (Wildman–Crippen MR) is 114 cm³/mol. The van der Waals surface area contributed by atoms with E-state index in [4.69, 9.17) is 12.2 Å². The van der Waals surface area contributed by atoms with Gasteiger partial charge in [0, 0.05) is 50.8 Å². The largest absolute Gasteiger partial charge is 0.339 e. The van der Waals surface area contributed by atoms with Gasteiger partial charge in [-0.3, -0.25) is 14.7 Å². The van der Waals surface area contributed by atoms with Crippen LogP contribution < -0.4 is 4.90 Å². The number of carbonyl (C=O) groups is 2. The minimum absolute atomic E-state index is 0.0256. The molecule has 2 aromatic rings. The number of nitrogens with one attached hydrogen (secondary N) is 1. The van der Waals surface area contributed by atoms with E-state index in [0.29, 0.717) is 30.2 Å². The van der Waals surface area contributed by atoms with Crippen LogP contribution in [0.25, 0.3) is 6.08 Å². The quantitative estimate of drug-likeness (QED) is 0.620. The van der Waals surface area contributed by atoms with Crippen LogP contribution in [0.15, 0.2) is 30.3 Å². The van der Waals surface area contributed by atoms with Crippen molar-refractivity contribution in [1.29, 1.82) is 0 Å². The van der Waals surface area contributed by atoms with Gasteiger partial charge in [-0.05, 0) is 55.3 Å². The lowest BCUT2D eigenvalue weighted by Crippen LogP contribution is -2.37. The number of amides is 2. The Morgan fingerprint density at radius 2 is 1.93 bits per heavy atom. The molecule has 1 N–H and O–H groups in total. The van der Waals surface area contributed by atoms with E-state index in [9.17, 15) is 9.59 Å². The second-order valence-corrected chi connectivity index (χ2v) is 8.01. The van der Waals surface area contributed by atoms with Crippen LogP contribution in [-0.2, 0) is 16.6 Å². The molecule has 0 atom stereocenters. The Balaban J connectivity index is 1.32. The molecule has 0 bridgehead atoms. The van der Waals surface area contributed by atoms with Gasteiger partial charge >= 0.3 is 0 Å². The molecule has 8 heteroatoms. The van der Waals surface area contributed by atoms with Crippen molar-refractivity contribution in [2.75, 3.05) is 24.5 Å². The Kier molecular flexibility index (Phi) is 5.62. The number of aromatic nitrogens is 3. The van der Waals surface area contributed by atoms with E-state index in [-0.39, 0.29) is 11.8 Å². The van der Waals surface area contributed by atoms with Crippen LogP contribution in [0.4, 0.5) is 5.69 Å². The zero-order valence-electron chi connectivity index (χ0n) is 16.5. The van der Waals surface area contributed by atoms with Crippen LogP contribution in [0.5, 0.6) is 0 Å². The molecule has 1 aromatic carbocycles. The van der Waals surface area contributed by atoms with E-state index >= 15 is 0 Å². The second kappa shape index (κ2) is 8.32. The van der Waals surface area contributed by atoms with Crippen LogP contribution in [0.3, 0.4) is 0 Å². The highest BCUT2D eigenvalue weighted by atomic mass is 32.1. The van der Waals surface area contributed by atoms with Gasteiger partial charge in [-0.25, -0.2) is 0 Å². The zero-order chi connectivity index (χ0) is 20.4. The third-order valence-corrected chi connectivity index (χ3v) is 6.15. The van der Waals surface area contributed by atoms with Gasteiger partial charge in [0.2, 0.25) is 11.8 Å². The molecule has 29 heavy (non-hydrogen) atoms. The Morgan fingerprint density at radius 3 is 2.52 bits per heavy atom. The van der Waals surface area contributed by atoms with Crippen molar-refractivity contribution in [2.24, 2.45) is 7.05 Å². The molecule has 2 aliphatic rings. The summed E-state index contributed by atoms with van der Waals surface area (Å²) in [5.41, 5.74) is 1.87. The number of anilines is 1. The van der Waals surface area contributed by atoms with Crippen LogP contribution >= 0.6 is 12.2 Å². The van der Waals surface area contributed by atoms with Crippen molar-refractivity contribution in [3.8, 4) is 0 Å². The minimum atomic E-state index is 0.0256. The maximum Gasteiger partial charge on any atom is 0.246 e. The number of aromatic amines is 1. The molecule has 0 saturated carbocycles. The summed E-state index contributed by atoms with van der Waals surface area (Å²) in [6, 6.07) is 7.77. The third kappa shape index (κ3) is 4.17. The Labute approximate surface area is 175 Å². The fourth-order valence-electron chi connectivity index (χ4n) is 4.04. The molecule has 2 amide bonds. The monoisotopic (exact) mass is 411 g/mol. The topological polar surface area (TPSA) is 74.2 Å². The summed E-state index contributed by atoms with van der Waals surface area (Å²) in [6.45, 7) is 2.21. The normalized spacial score (nSPS) is 18.2. The number of hydrogen-bond donors (Lipinski definition) is 1. The summed E-state index contributed by atoms with van der Waals surface area (Å²) in [5, 5.41) is 7.16. The van der Waals surface area contributed by atoms with E-state index in [1.54, 1.807) is 6.08 Å². The molecule has 152 valence electrons. The lowest BCUT2D eigenvalue weighted by Gasteiger charge is -2.30. The second-order valence-electron chi connectivity index (χ2n) is 7.62. The van der Waals surface area contributed by atoms with Crippen molar-refractivity contribution in [2.45, 2.75) is 31.6 Å². The highest BCUT2D eigenvalue weighted by Gasteiger charge is 2.25. The smallest absolute Gasteiger partial charge is 0.246 e. The maximum absolute atomic E-state index is 12.5. The summed E-state index contributed by atoms with van der Waals surface area (Å²) in [6.07, 6.45) is 6.77. The van der Waals surface area contributed by atoms with Gasteiger partial charge in [0.25, 0.3) is 0 Å². The summed E-state index contributed by atoms with van der Waals surface area (Å²) in [7, 11) is 1.92. The summed E-state index contributed by atoms with van der Waals surface area (Å²) < 4.78 is 2.54. The van der Waals surface area contributed by atoms with Gasteiger partial charge in [0.05, 0.1) is 0 Å². The van der Waals surface area contributed by atoms with Gasteiger partial charge in [-0.15, -0.1) is 0 Å². The predicted octanol–water partition coefficient (Wildman–Crippen LogP) is 3.02. The van der Waals surface area contributed by atoms with Crippen molar-refractivity contribution in [1.82, 2.24) is 19.7 Å². The zero-order valence-corrected chi connectivity index (χ0v) is 17.3. The average Bonchev–Trinajstić information content (AvgIpc) is 3.32. The number of rotatable bonds is 4. The van der Waals surface area contributed by atoms with Crippen molar-refractivity contribution >= 4 is 35.8 Å². The van der Waals surface area contributed by atoms with Crippen LogP contribution in [0.2, 0.25) is 0 Å². The minimum Gasteiger partial charge on any atom is -0.339 e. The van der Waals surface area contributed by atoms with Crippen LogP contribution in [0.1, 0.15) is 43.0 Å². The summed E-state index contributed by atoms with van der Waals surface area (Å²) >= 11 is 5.19. The number of hydrogen-bond acceptors (Lipinski definition) is 4. The Morgan fingerprint density at radius 1 is 1.21 bits per heavy atom. The molecule has 2 aliphatic heterocycles. The van der Waals surface area contributed by atoms with E-state index in [1.807, 2.05) is 51.8 Å². The van der Waals surface area contributed by atoms with Gasteiger partial charge in [-0.2, -0.15) is 5.10 Å². The standard InChI is InChI=1S/C21H25N5O2S/c1-24-20(22-23-21(24)29)16-10-13-25(14-11-16)18(27)9-6-15-4-7-17(8-5-15)26-12-2-3-19(26)28/h4-9,16H,2-3,10-14H2,1H3,(H,23,29)/b9-6+. The summed E-state index contributed by atoms with van der Waals surface area (Å²) in [5.74, 6) is 1.49. The Hall–Kier alpha value is -2.74. The van der Waals surface area contributed by atoms with E-state index in [2.05, 4.69) is 10.2 Å². The van der Waals surface area contributed by atoms with Crippen LogP contribution in [-0.4, -0.2) is 51.1 Å². The van der Waals surface area contributed by atoms with Crippen LogP contribution in [0, 0.1) is 4.77 Å². The molecule has 3 heterocycles. The molecule has 0 aliphatic carbocycles. The first-order valence-corrected chi connectivity index (χ1v) is 10.4. The van der Waals surface area contributed by atoms with E-state index in [0.717, 1.165) is 42.9 Å². The molecule has 7 nitrogen and oxygen atoms in total. The SMILES string of the molecule is Cn1c(C2CCN(C(=O)/C=C/c3ccc(N4CCCC4=O)cc3)CC2)n[nH]c1=S. The van der Waals surface area contributed by atoms with Crippen molar-refractivity contribution in [3.63, 3.8) is 0 Å². The fourth-order valence-corrected chi connectivity index (χ4v) is 4.18. The first kappa shape index (κ1) is 19.6. The summed E-state index contributed by atoms with van der Waals surface area (Å²) in [4.78, 5) is 28.1. The average molecular weight is 412 g/mol. The fraction of sp³-hybridized carbons (Fsp3) is 0.429. The number of nitrogens with zero attached hydrogens (tertiary/aromatic N) is 4. The maximum atomic E-state index is 12.5. The molecular weight excluding hydrogens is 386 g/mol. The molecular formula is C21H25N5O2S. The lowest BCUT2D eigenvalue weighted by molar-refractivity contribution is -0.127. The van der Waals surface area contributed by atoms with E-state index in [1.165, 1.54) is 0 Å². The third-order valence-electron chi connectivity index (χ3n) is 5.78. The molecule has 0 radical (unpaired) electrons. The van der Waals surface area contributed by atoms with E-state index < -0.39 is 0 Å². The number of likely N-dealkylation sites (tertiary alicyclic amines) is 1. The highest BCUT2D eigenvalue weighted by molar-refractivity contribution is 7.71. The van der Waals surface area contributed by atoms with Gasteiger partial charge in [0.15, 0.2) is 4.77 Å². The van der Waals surface area contributed by atoms with Crippen molar-refractivity contribution in [3.05, 3.63) is 46.5 Å². The Bertz CT molecular complexity index is 983. The first-order chi connectivity index (χ1) is 14.0. The number of benzene rings is 1. The molecule has 2 fully saturated rings. The molecule has 2 saturated heterocycles. The highest BCUT2D eigenvalue weighted by Crippen LogP contribution is 2.26. The van der Waals surface area contributed by atoms with Gasteiger partial charge < -0.3 is 14.4 Å². The number of carbonyl (C=O) groups excluding carboxylic acids is 2. The molecule has 4 rings (SSSR count). The number of piperidine rings is 1. The lowest BCUT2D eigenvalue weighted by atomic mass is 9.96. The first-order valence-electron chi connectivity index (χ1n) is 10.0. The molecule has 0 unspecified atom stereocenters. The molecule has 0 spiro atoms.